The molecule has 1 aromatic rings. The van der Waals surface area contributed by atoms with Gasteiger partial charge in [-0.15, -0.1) is 0 Å². The zero-order valence-electron chi connectivity index (χ0n) is 12.2. The average molecular weight is 277 g/mol. The average Bonchev–Trinajstić information content (AvgIpc) is 2.58. The summed E-state index contributed by atoms with van der Waals surface area (Å²) in [6, 6.07) is 7.45. The van der Waals surface area contributed by atoms with Crippen molar-refractivity contribution < 1.29 is 9.53 Å². The highest BCUT2D eigenvalue weighted by Gasteiger charge is 2.24. The van der Waals surface area contributed by atoms with E-state index in [0.29, 0.717) is 11.4 Å². The number of amides is 1. The largest absolute Gasteiger partial charge is 0.482 e. The number of nitrogen functional groups attached to an aromatic ring is 1. The van der Waals surface area contributed by atoms with Crippen LogP contribution in [-0.2, 0) is 4.79 Å². The van der Waals surface area contributed by atoms with Gasteiger partial charge < -0.3 is 20.3 Å². The number of nitrogens with zero attached hydrogens (tertiary/aromatic N) is 2. The topological polar surface area (TPSA) is 58.8 Å². The second-order valence-electron chi connectivity index (χ2n) is 5.38. The fourth-order valence-corrected chi connectivity index (χ4v) is 2.58. The summed E-state index contributed by atoms with van der Waals surface area (Å²) in [5, 5.41) is 0. The molecule has 0 radical (unpaired) electrons. The SMILES string of the molecule is CC1CN(C)CCCN1C(=O)COc1ccccc1N. The molecule has 0 saturated carbocycles. The molecule has 1 saturated heterocycles. The molecule has 1 unspecified atom stereocenters. The number of hydrogen-bond acceptors (Lipinski definition) is 4. The Labute approximate surface area is 120 Å². The van der Waals surface area contributed by atoms with E-state index in [1.807, 2.05) is 17.0 Å². The Morgan fingerprint density at radius 2 is 2.15 bits per heavy atom. The summed E-state index contributed by atoms with van der Waals surface area (Å²) in [4.78, 5) is 16.5. The van der Waals surface area contributed by atoms with Crippen molar-refractivity contribution in [3.63, 3.8) is 0 Å². The molecule has 0 bridgehead atoms. The molecule has 1 aliphatic heterocycles. The van der Waals surface area contributed by atoms with Crippen LogP contribution in [0.25, 0.3) is 0 Å². The van der Waals surface area contributed by atoms with Gasteiger partial charge in [0.15, 0.2) is 6.61 Å². The van der Waals surface area contributed by atoms with E-state index >= 15 is 0 Å². The van der Waals surface area contributed by atoms with Gasteiger partial charge in [0, 0.05) is 19.1 Å². The molecular formula is C15H23N3O2. The van der Waals surface area contributed by atoms with Gasteiger partial charge in [-0.05, 0) is 39.1 Å². The molecule has 1 heterocycles. The van der Waals surface area contributed by atoms with Gasteiger partial charge in [0.05, 0.1) is 5.69 Å². The molecule has 1 fully saturated rings. The second kappa shape index (κ2) is 6.61. The Morgan fingerprint density at radius 3 is 2.90 bits per heavy atom. The number of likely N-dealkylation sites (N-methyl/N-ethyl adjacent to an activating group) is 1. The smallest absolute Gasteiger partial charge is 0.260 e. The number of carbonyl (C=O) groups excluding carboxylic acids is 1. The number of anilines is 1. The lowest BCUT2D eigenvalue weighted by molar-refractivity contribution is -0.135. The van der Waals surface area contributed by atoms with Gasteiger partial charge in [0.25, 0.3) is 5.91 Å². The van der Waals surface area contributed by atoms with E-state index in [2.05, 4.69) is 18.9 Å². The maximum atomic E-state index is 12.3. The number of rotatable bonds is 3. The molecule has 2 N–H and O–H groups in total. The molecule has 0 aromatic heterocycles. The number of nitrogens with two attached hydrogens (primary N) is 1. The van der Waals surface area contributed by atoms with Crippen LogP contribution in [0.1, 0.15) is 13.3 Å². The van der Waals surface area contributed by atoms with Crippen molar-refractivity contribution >= 4 is 11.6 Å². The quantitative estimate of drug-likeness (QED) is 0.843. The van der Waals surface area contributed by atoms with Crippen LogP contribution in [0.2, 0.25) is 0 Å². The number of para-hydroxylation sites is 2. The molecule has 2 rings (SSSR count). The van der Waals surface area contributed by atoms with E-state index in [-0.39, 0.29) is 18.6 Å². The Bertz CT molecular complexity index is 464. The van der Waals surface area contributed by atoms with Gasteiger partial charge in [0.1, 0.15) is 5.75 Å². The van der Waals surface area contributed by atoms with Crippen LogP contribution in [0, 0.1) is 0 Å². The minimum Gasteiger partial charge on any atom is -0.482 e. The van der Waals surface area contributed by atoms with Crippen molar-refractivity contribution in [2.75, 3.05) is 39.0 Å². The van der Waals surface area contributed by atoms with E-state index in [1.165, 1.54) is 0 Å². The minimum absolute atomic E-state index is 0.0241. The molecule has 110 valence electrons. The van der Waals surface area contributed by atoms with E-state index in [1.54, 1.807) is 12.1 Å². The molecule has 1 aliphatic rings. The summed E-state index contributed by atoms with van der Waals surface area (Å²) in [7, 11) is 2.09. The maximum absolute atomic E-state index is 12.3. The summed E-state index contributed by atoms with van der Waals surface area (Å²) in [6.45, 7) is 4.84. The predicted molar refractivity (Wildman–Crippen MR) is 79.6 cm³/mol. The van der Waals surface area contributed by atoms with Gasteiger partial charge >= 0.3 is 0 Å². The number of ether oxygens (including phenoxy) is 1. The lowest BCUT2D eigenvalue weighted by Gasteiger charge is -2.28. The van der Waals surface area contributed by atoms with Gasteiger partial charge in [0.2, 0.25) is 0 Å². The van der Waals surface area contributed by atoms with Crippen molar-refractivity contribution in [3.8, 4) is 5.75 Å². The summed E-state index contributed by atoms with van der Waals surface area (Å²) in [6.07, 6.45) is 1.00. The maximum Gasteiger partial charge on any atom is 0.260 e. The highest BCUT2D eigenvalue weighted by atomic mass is 16.5. The monoisotopic (exact) mass is 277 g/mol. The highest BCUT2D eigenvalue weighted by Crippen LogP contribution is 2.20. The van der Waals surface area contributed by atoms with Crippen molar-refractivity contribution in [2.45, 2.75) is 19.4 Å². The predicted octanol–water partition coefficient (Wildman–Crippen LogP) is 1.20. The zero-order chi connectivity index (χ0) is 14.5. The van der Waals surface area contributed by atoms with Crippen LogP contribution in [0.15, 0.2) is 24.3 Å². The molecular weight excluding hydrogens is 254 g/mol. The minimum atomic E-state index is 0.0241. The Kier molecular flexibility index (Phi) is 4.84. The van der Waals surface area contributed by atoms with E-state index < -0.39 is 0 Å². The Hall–Kier alpha value is -1.75. The number of carbonyl (C=O) groups is 1. The van der Waals surface area contributed by atoms with Crippen LogP contribution in [0.4, 0.5) is 5.69 Å². The third kappa shape index (κ3) is 3.63. The van der Waals surface area contributed by atoms with Gasteiger partial charge in [-0.1, -0.05) is 12.1 Å². The van der Waals surface area contributed by atoms with E-state index in [9.17, 15) is 4.79 Å². The van der Waals surface area contributed by atoms with Gasteiger partial charge in [-0.3, -0.25) is 4.79 Å². The molecule has 5 nitrogen and oxygen atoms in total. The summed E-state index contributed by atoms with van der Waals surface area (Å²) < 4.78 is 5.54. The Morgan fingerprint density at radius 1 is 1.40 bits per heavy atom. The summed E-state index contributed by atoms with van der Waals surface area (Å²) in [5.74, 6) is 0.594. The molecule has 1 aromatic carbocycles. The third-order valence-corrected chi connectivity index (χ3v) is 3.64. The van der Waals surface area contributed by atoms with Gasteiger partial charge in [-0.2, -0.15) is 0 Å². The van der Waals surface area contributed by atoms with E-state index in [0.717, 1.165) is 26.1 Å². The summed E-state index contributed by atoms with van der Waals surface area (Å²) in [5.41, 5.74) is 6.36. The third-order valence-electron chi connectivity index (χ3n) is 3.64. The second-order valence-corrected chi connectivity index (χ2v) is 5.38. The molecule has 0 aliphatic carbocycles. The molecule has 20 heavy (non-hydrogen) atoms. The summed E-state index contributed by atoms with van der Waals surface area (Å²) >= 11 is 0. The van der Waals surface area contributed by atoms with Crippen molar-refractivity contribution in [1.82, 2.24) is 9.80 Å². The molecule has 5 heteroatoms. The first-order valence-corrected chi connectivity index (χ1v) is 7.03. The first-order valence-electron chi connectivity index (χ1n) is 7.03. The number of benzene rings is 1. The van der Waals surface area contributed by atoms with E-state index in [4.69, 9.17) is 10.5 Å². The van der Waals surface area contributed by atoms with Crippen LogP contribution in [-0.4, -0.2) is 55.0 Å². The normalized spacial score (nSPS) is 20.5. The molecule has 0 spiro atoms. The Balaban J connectivity index is 1.92. The fourth-order valence-electron chi connectivity index (χ4n) is 2.58. The van der Waals surface area contributed by atoms with Crippen LogP contribution < -0.4 is 10.5 Å². The first-order chi connectivity index (χ1) is 9.58. The zero-order valence-corrected chi connectivity index (χ0v) is 12.2. The fraction of sp³-hybridized carbons (Fsp3) is 0.533. The van der Waals surface area contributed by atoms with Crippen molar-refractivity contribution in [1.29, 1.82) is 0 Å². The lowest BCUT2D eigenvalue weighted by atomic mass is 10.2. The van der Waals surface area contributed by atoms with Crippen LogP contribution in [0.3, 0.4) is 0 Å². The van der Waals surface area contributed by atoms with Crippen molar-refractivity contribution in [2.24, 2.45) is 0 Å². The number of hydrogen-bond donors (Lipinski definition) is 1. The highest BCUT2D eigenvalue weighted by molar-refractivity contribution is 5.78. The lowest BCUT2D eigenvalue weighted by Crippen LogP contribution is -2.44. The van der Waals surface area contributed by atoms with Gasteiger partial charge in [-0.25, -0.2) is 0 Å². The van der Waals surface area contributed by atoms with Crippen LogP contribution in [0.5, 0.6) is 5.75 Å². The first kappa shape index (κ1) is 14.7. The van der Waals surface area contributed by atoms with Crippen molar-refractivity contribution in [3.05, 3.63) is 24.3 Å². The molecule has 1 amide bonds. The molecule has 1 atom stereocenters. The van der Waals surface area contributed by atoms with Crippen LogP contribution >= 0.6 is 0 Å². The standard InChI is InChI=1S/C15H23N3O2/c1-12-10-17(2)8-5-9-18(12)15(19)11-20-14-7-4-3-6-13(14)16/h3-4,6-7,12H,5,8-11,16H2,1-2H3.